The van der Waals surface area contributed by atoms with Gasteiger partial charge < -0.3 is 10.1 Å². The number of nitrogens with one attached hydrogen (secondary N) is 2. The van der Waals surface area contributed by atoms with Gasteiger partial charge in [0, 0.05) is 35.0 Å². The molecule has 7 nitrogen and oxygen atoms in total. The number of aromatic amines is 1. The summed E-state index contributed by atoms with van der Waals surface area (Å²) in [5, 5.41) is 12.4. The fraction of sp³-hybridized carbons (Fsp3) is 0.0435. The van der Waals surface area contributed by atoms with Crippen LogP contribution in [0.25, 0.3) is 33.5 Å². The van der Waals surface area contributed by atoms with Crippen molar-refractivity contribution in [3.05, 3.63) is 77.0 Å². The molecule has 0 bridgehead atoms. The van der Waals surface area contributed by atoms with E-state index in [-0.39, 0.29) is 0 Å². The number of H-pyrrole nitrogens is 1. The fourth-order valence-electron chi connectivity index (χ4n) is 3.31. The number of hydrogen-bond acceptors (Lipinski definition) is 6. The van der Waals surface area contributed by atoms with Crippen LogP contribution in [-0.2, 0) is 0 Å². The Labute approximate surface area is 193 Å². The summed E-state index contributed by atoms with van der Waals surface area (Å²) in [5.74, 6) is 2.40. The van der Waals surface area contributed by atoms with Crippen LogP contribution in [0.2, 0.25) is 10.0 Å². The normalized spacial score (nSPS) is 11.0. The Bertz CT molecular complexity index is 1420. The molecule has 2 N–H and O–H groups in total. The number of aromatic nitrogens is 5. The zero-order valence-electron chi connectivity index (χ0n) is 16.8. The largest absolute Gasteiger partial charge is 0.497 e. The van der Waals surface area contributed by atoms with Crippen LogP contribution in [0.4, 0.5) is 11.6 Å². The monoisotopic (exact) mass is 462 g/mol. The third kappa shape index (κ3) is 3.84. The molecule has 0 amide bonds. The molecule has 5 aromatic rings. The Morgan fingerprint density at radius 2 is 1.91 bits per heavy atom. The number of hydrogen-bond donors (Lipinski definition) is 2. The SMILES string of the molecule is COc1ccc2nc(-c3cccnc3)nc(Nc3cc(-c4cccc(Cl)c4Cl)[nH]n3)c2c1. The maximum atomic E-state index is 6.36. The predicted molar refractivity (Wildman–Crippen MR) is 127 cm³/mol. The van der Waals surface area contributed by atoms with Crippen molar-refractivity contribution in [2.45, 2.75) is 0 Å². The van der Waals surface area contributed by atoms with Crippen molar-refractivity contribution in [3.8, 4) is 28.4 Å². The van der Waals surface area contributed by atoms with E-state index in [1.54, 1.807) is 25.6 Å². The van der Waals surface area contributed by atoms with Crippen LogP contribution in [0.1, 0.15) is 0 Å². The van der Waals surface area contributed by atoms with Crippen molar-refractivity contribution in [1.29, 1.82) is 0 Å². The van der Waals surface area contributed by atoms with E-state index in [4.69, 9.17) is 37.9 Å². The molecule has 3 heterocycles. The van der Waals surface area contributed by atoms with Gasteiger partial charge in [0.05, 0.1) is 28.4 Å². The quantitative estimate of drug-likeness (QED) is 0.326. The second-order valence-corrected chi connectivity index (χ2v) is 7.70. The van der Waals surface area contributed by atoms with Crippen LogP contribution in [-0.4, -0.2) is 32.3 Å². The average Bonchev–Trinajstić information content (AvgIpc) is 3.29. The van der Waals surface area contributed by atoms with Crippen molar-refractivity contribution in [2.24, 2.45) is 0 Å². The Kier molecular flexibility index (Phi) is 5.34. The van der Waals surface area contributed by atoms with E-state index in [1.165, 1.54) is 0 Å². The summed E-state index contributed by atoms with van der Waals surface area (Å²) in [6.07, 6.45) is 3.43. The van der Waals surface area contributed by atoms with E-state index < -0.39 is 0 Å². The van der Waals surface area contributed by atoms with Gasteiger partial charge in [0.1, 0.15) is 11.6 Å². The third-order valence-corrected chi connectivity index (χ3v) is 5.71. The van der Waals surface area contributed by atoms with Gasteiger partial charge in [-0.1, -0.05) is 35.3 Å². The van der Waals surface area contributed by atoms with Crippen LogP contribution in [0.3, 0.4) is 0 Å². The van der Waals surface area contributed by atoms with Gasteiger partial charge in [-0.3, -0.25) is 10.1 Å². The third-order valence-electron chi connectivity index (χ3n) is 4.89. The minimum atomic E-state index is 0.459. The van der Waals surface area contributed by atoms with Gasteiger partial charge in [0.2, 0.25) is 0 Å². The molecule has 0 saturated heterocycles. The molecule has 0 aliphatic heterocycles. The van der Waals surface area contributed by atoms with E-state index in [0.29, 0.717) is 33.3 Å². The van der Waals surface area contributed by atoms with Crippen molar-refractivity contribution in [3.63, 3.8) is 0 Å². The molecule has 0 fully saturated rings. The molecular formula is C23H16Cl2N6O. The predicted octanol–water partition coefficient (Wildman–Crippen LogP) is 6.14. The Morgan fingerprint density at radius 1 is 1.00 bits per heavy atom. The molecule has 0 spiro atoms. The number of anilines is 2. The lowest BCUT2D eigenvalue weighted by molar-refractivity contribution is 0.415. The van der Waals surface area contributed by atoms with Crippen molar-refractivity contribution in [2.75, 3.05) is 12.4 Å². The number of nitrogens with zero attached hydrogens (tertiary/aromatic N) is 4. The van der Waals surface area contributed by atoms with Gasteiger partial charge in [0.25, 0.3) is 0 Å². The number of ether oxygens (including phenoxy) is 1. The Hall–Kier alpha value is -3.68. The lowest BCUT2D eigenvalue weighted by Gasteiger charge is -2.10. The van der Waals surface area contributed by atoms with E-state index >= 15 is 0 Å². The first-order valence-electron chi connectivity index (χ1n) is 9.65. The van der Waals surface area contributed by atoms with Crippen LogP contribution >= 0.6 is 23.2 Å². The zero-order valence-corrected chi connectivity index (χ0v) is 18.3. The highest BCUT2D eigenvalue weighted by Crippen LogP contribution is 2.34. The number of benzene rings is 2. The Balaban J connectivity index is 1.59. The van der Waals surface area contributed by atoms with Crippen molar-refractivity contribution < 1.29 is 4.74 Å². The molecule has 5 rings (SSSR count). The molecule has 0 atom stereocenters. The van der Waals surface area contributed by atoms with Crippen LogP contribution in [0.15, 0.2) is 67.0 Å². The fourth-order valence-corrected chi connectivity index (χ4v) is 3.71. The van der Waals surface area contributed by atoms with E-state index in [0.717, 1.165) is 27.7 Å². The first kappa shape index (κ1) is 20.2. The molecule has 0 radical (unpaired) electrons. The minimum absolute atomic E-state index is 0.459. The van der Waals surface area contributed by atoms with Gasteiger partial charge in [0.15, 0.2) is 11.6 Å². The van der Waals surface area contributed by atoms with Crippen LogP contribution < -0.4 is 10.1 Å². The molecule has 0 aliphatic rings. The summed E-state index contributed by atoms with van der Waals surface area (Å²) in [6.45, 7) is 0. The summed E-state index contributed by atoms with van der Waals surface area (Å²) in [7, 11) is 1.62. The highest BCUT2D eigenvalue weighted by Gasteiger charge is 2.14. The summed E-state index contributed by atoms with van der Waals surface area (Å²) in [5.41, 5.74) is 3.05. The first-order valence-corrected chi connectivity index (χ1v) is 10.4. The van der Waals surface area contributed by atoms with E-state index in [9.17, 15) is 0 Å². The molecule has 2 aromatic carbocycles. The smallest absolute Gasteiger partial charge is 0.163 e. The summed E-state index contributed by atoms with van der Waals surface area (Å²) in [6, 6.07) is 16.7. The number of methoxy groups -OCH3 is 1. The number of fused-ring (bicyclic) bond motifs is 1. The van der Waals surface area contributed by atoms with E-state index in [2.05, 4.69) is 20.5 Å². The summed E-state index contributed by atoms with van der Waals surface area (Å²) >= 11 is 12.5. The molecule has 158 valence electrons. The Morgan fingerprint density at radius 3 is 2.72 bits per heavy atom. The molecule has 0 aliphatic carbocycles. The van der Waals surface area contributed by atoms with Crippen molar-refractivity contribution >= 4 is 45.7 Å². The number of pyridine rings is 1. The zero-order chi connectivity index (χ0) is 22.1. The maximum Gasteiger partial charge on any atom is 0.163 e. The second-order valence-electron chi connectivity index (χ2n) is 6.91. The first-order chi connectivity index (χ1) is 15.6. The molecule has 0 saturated carbocycles. The van der Waals surface area contributed by atoms with Gasteiger partial charge in [-0.05, 0) is 36.4 Å². The van der Waals surface area contributed by atoms with Gasteiger partial charge in [-0.25, -0.2) is 9.97 Å². The summed E-state index contributed by atoms with van der Waals surface area (Å²) in [4.78, 5) is 13.6. The molecule has 3 aromatic heterocycles. The molecule has 32 heavy (non-hydrogen) atoms. The second kappa shape index (κ2) is 8.45. The number of rotatable bonds is 5. The molecular weight excluding hydrogens is 447 g/mol. The average molecular weight is 463 g/mol. The minimum Gasteiger partial charge on any atom is -0.497 e. The lowest BCUT2D eigenvalue weighted by atomic mass is 10.1. The van der Waals surface area contributed by atoms with Crippen LogP contribution in [0.5, 0.6) is 5.75 Å². The van der Waals surface area contributed by atoms with Gasteiger partial charge in [-0.2, -0.15) is 5.10 Å². The molecule has 9 heteroatoms. The highest BCUT2D eigenvalue weighted by atomic mass is 35.5. The standard InChI is InChI=1S/C23H16Cl2N6O/c1-32-14-7-8-18-16(10-14)23(29-22(27-18)13-4-3-9-26-12-13)28-20-11-19(30-31-20)15-5-2-6-17(24)21(15)25/h2-12H,1H3,(H2,27,28,29,30,31). The lowest BCUT2D eigenvalue weighted by Crippen LogP contribution is -2.00. The van der Waals surface area contributed by atoms with Crippen LogP contribution in [0, 0.1) is 0 Å². The van der Waals surface area contributed by atoms with Gasteiger partial charge in [-0.15, -0.1) is 0 Å². The van der Waals surface area contributed by atoms with Crippen molar-refractivity contribution in [1.82, 2.24) is 25.1 Å². The summed E-state index contributed by atoms with van der Waals surface area (Å²) < 4.78 is 5.39. The maximum absolute atomic E-state index is 6.36. The van der Waals surface area contributed by atoms with E-state index in [1.807, 2.05) is 48.5 Å². The topological polar surface area (TPSA) is 88.6 Å². The molecule has 0 unspecified atom stereocenters. The highest BCUT2D eigenvalue weighted by molar-refractivity contribution is 6.43. The number of halogens is 2. The van der Waals surface area contributed by atoms with Gasteiger partial charge >= 0.3 is 0 Å².